The molecule has 0 bridgehead atoms. The monoisotopic (exact) mass is 315 g/mol. The van der Waals surface area contributed by atoms with Crippen LogP contribution in [-0.2, 0) is 16.0 Å². The third-order valence-corrected chi connectivity index (χ3v) is 3.45. The third-order valence-electron chi connectivity index (χ3n) is 3.20. The predicted octanol–water partition coefficient (Wildman–Crippen LogP) is 4.25. The summed E-state index contributed by atoms with van der Waals surface area (Å²) in [5, 5.41) is 0.664. The zero-order chi connectivity index (χ0) is 15.5. The maximum atomic E-state index is 11.5. The predicted molar refractivity (Wildman–Crippen MR) is 84.8 cm³/mol. The number of hydrogen-bond acceptors (Lipinski definition) is 4. The molecule has 0 aliphatic heterocycles. The lowest BCUT2D eigenvalue weighted by atomic mass is 10.1. The highest BCUT2D eigenvalue weighted by atomic mass is 35.5. The highest BCUT2D eigenvalue weighted by Gasteiger charge is 2.10. The number of benzene rings is 2. The summed E-state index contributed by atoms with van der Waals surface area (Å²) in [7, 11) is 0. The number of rotatable bonds is 4. The van der Waals surface area contributed by atoms with Crippen LogP contribution >= 0.6 is 11.6 Å². The van der Waals surface area contributed by atoms with Crippen LogP contribution in [0.25, 0.3) is 22.6 Å². The largest absolute Gasteiger partial charge is 0.466 e. The van der Waals surface area contributed by atoms with E-state index in [1.54, 1.807) is 19.1 Å². The molecule has 112 valence electrons. The number of carbonyl (C=O) groups excluding carboxylic acids is 1. The summed E-state index contributed by atoms with van der Waals surface area (Å²) in [4.78, 5) is 16.0. The van der Waals surface area contributed by atoms with Crippen LogP contribution in [-0.4, -0.2) is 17.6 Å². The van der Waals surface area contributed by atoms with Gasteiger partial charge < -0.3 is 9.15 Å². The molecule has 22 heavy (non-hydrogen) atoms. The lowest BCUT2D eigenvalue weighted by molar-refractivity contribution is -0.142. The Morgan fingerprint density at radius 2 is 2.00 bits per heavy atom. The van der Waals surface area contributed by atoms with Gasteiger partial charge >= 0.3 is 5.97 Å². The molecule has 0 aliphatic carbocycles. The molecular formula is C17H14ClNO3. The maximum absolute atomic E-state index is 11.5. The normalized spacial score (nSPS) is 10.8. The molecule has 1 aromatic heterocycles. The van der Waals surface area contributed by atoms with Gasteiger partial charge in [-0.1, -0.05) is 17.7 Å². The van der Waals surface area contributed by atoms with Crippen molar-refractivity contribution in [3.05, 3.63) is 53.1 Å². The minimum absolute atomic E-state index is 0.229. The second kappa shape index (κ2) is 6.20. The standard InChI is InChI=1S/C17H14ClNO3/c1-2-21-16(20)10-11-3-8-15-14(9-11)19-17(22-15)12-4-6-13(18)7-5-12/h3-9H,2,10H2,1H3. The van der Waals surface area contributed by atoms with Gasteiger partial charge in [-0.25, -0.2) is 4.98 Å². The van der Waals surface area contributed by atoms with Crippen molar-refractivity contribution in [2.45, 2.75) is 13.3 Å². The van der Waals surface area contributed by atoms with E-state index < -0.39 is 0 Å². The molecule has 5 heteroatoms. The Hall–Kier alpha value is -2.33. The van der Waals surface area contributed by atoms with Crippen molar-refractivity contribution in [2.24, 2.45) is 0 Å². The molecular weight excluding hydrogens is 302 g/mol. The van der Waals surface area contributed by atoms with E-state index in [0.717, 1.165) is 11.1 Å². The van der Waals surface area contributed by atoms with Gasteiger partial charge in [0.05, 0.1) is 13.0 Å². The Labute approximate surface area is 132 Å². The van der Waals surface area contributed by atoms with Gasteiger partial charge in [0.2, 0.25) is 5.89 Å². The smallest absolute Gasteiger partial charge is 0.310 e. The van der Waals surface area contributed by atoms with E-state index >= 15 is 0 Å². The van der Waals surface area contributed by atoms with E-state index in [4.69, 9.17) is 20.8 Å². The SMILES string of the molecule is CCOC(=O)Cc1ccc2oc(-c3ccc(Cl)cc3)nc2c1. The maximum Gasteiger partial charge on any atom is 0.310 e. The fourth-order valence-electron chi connectivity index (χ4n) is 2.18. The van der Waals surface area contributed by atoms with Gasteiger partial charge in [0.1, 0.15) is 5.52 Å². The number of halogens is 1. The Bertz CT molecular complexity index is 808. The summed E-state index contributed by atoms with van der Waals surface area (Å²) in [6.45, 7) is 2.17. The Morgan fingerprint density at radius 3 is 2.73 bits per heavy atom. The minimum Gasteiger partial charge on any atom is -0.466 e. The van der Waals surface area contributed by atoms with Gasteiger partial charge in [-0.2, -0.15) is 0 Å². The van der Waals surface area contributed by atoms with Crippen LogP contribution in [0.4, 0.5) is 0 Å². The third kappa shape index (κ3) is 3.12. The molecule has 0 saturated carbocycles. The molecule has 0 fully saturated rings. The quantitative estimate of drug-likeness (QED) is 0.675. The van der Waals surface area contributed by atoms with Gasteiger partial charge in [-0.3, -0.25) is 4.79 Å². The van der Waals surface area contributed by atoms with Crippen LogP contribution in [0.3, 0.4) is 0 Å². The molecule has 0 radical (unpaired) electrons. The van der Waals surface area contributed by atoms with Crippen molar-refractivity contribution in [1.82, 2.24) is 4.98 Å². The summed E-state index contributed by atoms with van der Waals surface area (Å²) in [6.07, 6.45) is 0.229. The van der Waals surface area contributed by atoms with E-state index in [2.05, 4.69) is 4.98 Å². The molecule has 0 unspecified atom stereocenters. The van der Waals surface area contributed by atoms with Crippen molar-refractivity contribution in [3.63, 3.8) is 0 Å². The first kappa shape index (κ1) is 14.6. The van der Waals surface area contributed by atoms with Crippen molar-refractivity contribution in [3.8, 4) is 11.5 Å². The number of nitrogens with zero attached hydrogens (tertiary/aromatic N) is 1. The topological polar surface area (TPSA) is 52.3 Å². The second-order valence-corrected chi connectivity index (χ2v) is 5.25. The van der Waals surface area contributed by atoms with Crippen LogP contribution in [0, 0.1) is 0 Å². The number of ether oxygens (including phenoxy) is 1. The Kier molecular flexibility index (Phi) is 4.11. The van der Waals surface area contributed by atoms with Crippen molar-refractivity contribution >= 4 is 28.7 Å². The van der Waals surface area contributed by atoms with Gasteiger partial charge in [0.25, 0.3) is 0 Å². The van der Waals surface area contributed by atoms with E-state index in [1.807, 2.05) is 30.3 Å². The summed E-state index contributed by atoms with van der Waals surface area (Å²) in [6, 6.07) is 12.8. The molecule has 0 amide bonds. The fourth-order valence-corrected chi connectivity index (χ4v) is 2.30. The van der Waals surface area contributed by atoms with E-state index in [0.29, 0.717) is 28.6 Å². The molecule has 2 aromatic carbocycles. The lowest BCUT2D eigenvalue weighted by Gasteiger charge is -2.01. The Balaban J connectivity index is 1.90. The van der Waals surface area contributed by atoms with E-state index in [9.17, 15) is 4.79 Å². The van der Waals surface area contributed by atoms with Crippen LogP contribution in [0.2, 0.25) is 5.02 Å². The molecule has 3 aromatic rings. The fraction of sp³-hybridized carbons (Fsp3) is 0.176. The molecule has 0 atom stereocenters. The molecule has 0 saturated heterocycles. The van der Waals surface area contributed by atoms with Gasteiger partial charge in [0, 0.05) is 10.6 Å². The number of oxazole rings is 1. The summed E-state index contributed by atoms with van der Waals surface area (Å²) >= 11 is 5.88. The average molecular weight is 316 g/mol. The highest BCUT2D eigenvalue weighted by molar-refractivity contribution is 6.30. The highest BCUT2D eigenvalue weighted by Crippen LogP contribution is 2.26. The minimum atomic E-state index is -0.247. The molecule has 1 heterocycles. The van der Waals surface area contributed by atoms with Crippen molar-refractivity contribution in [2.75, 3.05) is 6.61 Å². The zero-order valence-corrected chi connectivity index (χ0v) is 12.8. The summed E-state index contributed by atoms with van der Waals surface area (Å²) < 4.78 is 10.7. The van der Waals surface area contributed by atoms with Crippen molar-refractivity contribution < 1.29 is 13.9 Å². The van der Waals surface area contributed by atoms with Crippen LogP contribution < -0.4 is 0 Å². The summed E-state index contributed by atoms with van der Waals surface area (Å²) in [5.41, 5.74) is 3.10. The first-order valence-corrected chi connectivity index (χ1v) is 7.34. The second-order valence-electron chi connectivity index (χ2n) is 4.81. The number of aromatic nitrogens is 1. The molecule has 0 aliphatic rings. The first-order chi connectivity index (χ1) is 10.7. The Morgan fingerprint density at radius 1 is 1.23 bits per heavy atom. The molecule has 0 N–H and O–H groups in total. The molecule has 0 spiro atoms. The first-order valence-electron chi connectivity index (χ1n) is 6.96. The number of carbonyl (C=O) groups is 1. The zero-order valence-electron chi connectivity index (χ0n) is 12.0. The van der Waals surface area contributed by atoms with Crippen LogP contribution in [0.5, 0.6) is 0 Å². The van der Waals surface area contributed by atoms with Crippen LogP contribution in [0.1, 0.15) is 12.5 Å². The van der Waals surface area contributed by atoms with Crippen molar-refractivity contribution in [1.29, 1.82) is 0 Å². The molecule has 4 nitrogen and oxygen atoms in total. The molecule has 3 rings (SSSR count). The number of hydrogen-bond donors (Lipinski definition) is 0. The van der Waals surface area contributed by atoms with E-state index in [1.165, 1.54) is 0 Å². The lowest BCUT2D eigenvalue weighted by Crippen LogP contribution is -2.07. The van der Waals surface area contributed by atoms with Gasteiger partial charge in [-0.05, 0) is 48.9 Å². The summed E-state index contributed by atoms with van der Waals surface area (Å²) in [5.74, 6) is 0.281. The number of fused-ring (bicyclic) bond motifs is 1. The van der Waals surface area contributed by atoms with Crippen LogP contribution in [0.15, 0.2) is 46.9 Å². The van der Waals surface area contributed by atoms with E-state index in [-0.39, 0.29) is 12.4 Å². The number of esters is 1. The van der Waals surface area contributed by atoms with Gasteiger partial charge in [-0.15, -0.1) is 0 Å². The van der Waals surface area contributed by atoms with Gasteiger partial charge in [0.15, 0.2) is 5.58 Å². The average Bonchev–Trinajstić information content (AvgIpc) is 2.91.